The molecule has 3 aromatic heterocycles. The van der Waals surface area contributed by atoms with Crippen LogP contribution in [-0.2, 0) is 0 Å². The number of anilines is 2. The van der Waals surface area contributed by atoms with Crippen LogP contribution in [0, 0.1) is 6.92 Å². The highest BCUT2D eigenvalue weighted by atomic mass is 32.1. The Hall–Kier alpha value is -1.73. The molecule has 0 aliphatic carbocycles. The van der Waals surface area contributed by atoms with Crippen molar-refractivity contribution in [3.63, 3.8) is 0 Å². The largest absolute Gasteiger partial charge is 0.369 e. The van der Waals surface area contributed by atoms with Crippen molar-refractivity contribution in [2.45, 2.75) is 19.8 Å². The van der Waals surface area contributed by atoms with Gasteiger partial charge < -0.3 is 11.1 Å². The van der Waals surface area contributed by atoms with Crippen LogP contribution >= 0.6 is 22.7 Å². The Bertz CT molecular complexity index is 720. The van der Waals surface area contributed by atoms with Gasteiger partial charge >= 0.3 is 0 Å². The van der Waals surface area contributed by atoms with E-state index in [-0.39, 0.29) is 0 Å². The molecule has 7 heteroatoms. The van der Waals surface area contributed by atoms with Gasteiger partial charge in [-0.25, -0.2) is 9.97 Å². The summed E-state index contributed by atoms with van der Waals surface area (Å²) < 4.78 is 0. The Balaban J connectivity index is 1.83. The minimum Gasteiger partial charge on any atom is -0.369 e. The molecular formula is C13H15N5S2. The number of nitrogens with zero attached hydrogens (tertiary/aromatic N) is 3. The quantitative estimate of drug-likeness (QED) is 0.773. The number of thiazole rings is 1. The Labute approximate surface area is 124 Å². The summed E-state index contributed by atoms with van der Waals surface area (Å²) in [5.41, 5.74) is 5.77. The number of nitrogens with one attached hydrogen (secondary N) is 1. The van der Waals surface area contributed by atoms with Crippen molar-refractivity contribution in [3.8, 4) is 0 Å². The van der Waals surface area contributed by atoms with E-state index in [0.717, 1.165) is 27.6 Å². The third kappa shape index (κ3) is 2.59. The summed E-state index contributed by atoms with van der Waals surface area (Å²) >= 11 is 3.30. The minimum atomic E-state index is 0.309. The van der Waals surface area contributed by atoms with E-state index in [1.165, 1.54) is 4.88 Å². The lowest BCUT2D eigenvalue weighted by atomic mass is 10.2. The van der Waals surface area contributed by atoms with E-state index < -0.39 is 0 Å². The molecule has 3 N–H and O–H groups in total. The van der Waals surface area contributed by atoms with Crippen LogP contribution < -0.4 is 11.1 Å². The molecule has 20 heavy (non-hydrogen) atoms. The molecule has 104 valence electrons. The van der Waals surface area contributed by atoms with Crippen molar-refractivity contribution in [3.05, 3.63) is 27.5 Å². The Morgan fingerprint density at radius 2 is 2.25 bits per heavy atom. The fourth-order valence-corrected chi connectivity index (χ4v) is 3.59. The Kier molecular flexibility index (Phi) is 3.54. The maximum absolute atomic E-state index is 5.77. The smallest absolute Gasteiger partial charge is 0.223 e. The molecule has 0 aliphatic heterocycles. The molecule has 0 saturated carbocycles. The molecular weight excluding hydrogens is 290 g/mol. The zero-order valence-corrected chi connectivity index (χ0v) is 12.9. The van der Waals surface area contributed by atoms with Gasteiger partial charge in [0.15, 0.2) is 0 Å². The predicted octanol–water partition coefficient (Wildman–Crippen LogP) is 3.25. The van der Waals surface area contributed by atoms with Crippen LogP contribution in [0.2, 0.25) is 0 Å². The molecule has 0 bridgehead atoms. The number of rotatable bonds is 4. The fraction of sp³-hybridized carbons (Fsp3) is 0.308. The molecule has 3 aromatic rings. The van der Waals surface area contributed by atoms with Crippen LogP contribution in [0.4, 0.5) is 11.8 Å². The number of hydrogen-bond donors (Lipinski definition) is 2. The second kappa shape index (κ2) is 5.34. The molecule has 0 fully saturated rings. The monoisotopic (exact) mass is 305 g/mol. The van der Waals surface area contributed by atoms with Gasteiger partial charge in [0.25, 0.3) is 0 Å². The van der Waals surface area contributed by atoms with Crippen molar-refractivity contribution < 1.29 is 0 Å². The number of aromatic nitrogens is 3. The van der Waals surface area contributed by atoms with Gasteiger partial charge in [0.05, 0.1) is 10.4 Å². The van der Waals surface area contributed by atoms with Crippen LogP contribution in [0.15, 0.2) is 17.6 Å². The molecule has 5 nitrogen and oxygen atoms in total. The molecule has 0 radical (unpaired) electrons. The highest BCUT2D eigenvalue weighted by Crippen LogP contribution is 2.29. The average Bonchev–Trinajstić information content (AvgIpc) is 3.03. The summed E-state index contributed by atoms with van der Waals surface area (Å²) in [6, 6.07) is 2.09. The lowest BCUT2D eigenvalue weighted by Crippen LogP contribution is -2.11. The molecule has 0 spiro atoms. The third-order valence-electron chi connectivity index (χ3n) is 2.98. The first-order valence-corrected chi connectivity index (χ1v) is 8.00. The van der Waals surface area contributed by atoms with Crippen molar-refractivity contribution in [2.75, 3.05) is 17.6 Å². The summed E-state index contributed by atoms with van der Waals surface area (Å²) in [7, 11) is 0. The highest BCUT2D eigenvalue weighted by molar-refractivity contribution is 7.18. The van der Waals surface area contributed by atoms with Gasteiger partial charge in [-0.15, -0.1) is 22.7 Å². The Morgan fingerprint density at radius 1 is 1.40 bits per heavy atom. The van der Waals surface area contributed by atoms with E-state index in [2.05, 4.69) is 40.2 Å². The van der Waals surface area contributed by atoms with Crippen LogP contribution in [-0.4, -0.2) is 21.5 Å². The van der Waals surface area contributed by atoms with Crippen molar-refractivity contribution in [1.29, 1.82) is 0 Å². The fourth-order valence-electron chi connectivity index (χ4n) is 2.01. The summed E-state index contributed by atoms with van der Waals surface area (Å²) in [5, 5.41) is 7.52. The second-order valence-corrected chi connectivity index (χ2v) is 6.82. The first-order valence-electron chi connectivity index (χ1n) is 6.30. The van der Waals surface area contributed by atoms with Crippen molar-refractivity contribution >= 4 is 44.7 Å². The van der Waals surface area contributed by atoms with Gasteiger partial charge in [-0.1, -0.05) is 6.92 Å². The number of nitrogens with two attached hydrogens (primary N) is 1. The molecule has 0 amide bonds. The van der Waals surface area contributed by atoms with E-state index in [9.17, 15) is 0 Å². The van der Waals surface area contributed by atoms with Gasteiger partial charge in [0.2, 0.25) is 5.95 Å². The average molecular weight is 305 g/mol. The summed E-state index contributed by atoms with van der Waals surface area (Å²) in [6.07, 6.45) is 1.83. The summed E-state index contributed by atoms with van der Waals surface area (Å²) in [6.45, 7) is 4.98. The topological polar surface area (TPSA) is 76.7 Å². The third-order valence-corrected chi connectivity index (χ3v) is 4.93. The second-order valence-electron chi connectivity index (χ2n) is 4.66. The maximum atomic E-state index is 5.77. The molecule has 3 heterocycles. The number of fused-ring (bicyclic) bond motifs is 1. The summed E-state index contributed by atoms with van der Waals surface area (Å²) in [5.74, 6) is 1.45. The van der Waals surface area contributed by atoms with Gasteiger partial charge in [-0.2, -0.15) is 4.98 Å². The Morgan fingerprint density at radius 3 is 3.00 bits per heavy atom. The van der Waals surface area contributed by atoms with Crippen molar-refractivity contribution in [1.82, 2.24) is 15.0 Å². The van der Waals surface area contributed by atoms with Gasteiger partial charge in [-0.3, -0.25) is 0 Å². The lowest BCUT2D eigenvalue weighted by Gasteiger charge is -2.11. The molecule has 0 aromatic carbocycles. The minimum absolute atomic E-state index is 0.309. The molecule has 0 aliphatic rings. The van der Waals surface area contributed by atoms with Crippen LogP contribution in [0.25, 0.3) is 10.2 Å². The van der Waals surface area contributed by atoms with Crippen LogP contribution in [0.3, 0.4) is 0 Å². The first kappa shape index (κ1) is 13.3. The number of aryl methyl sites for hydroxylation is 1. The van der Waals surface area contributed by atoms with E-state index in [1.807, 2.05) is 11.6 Å². The normalized spacial score (nSPS) is 12.7. The number of hydrogen-bond acceptors (Lipinski definition) is 7. The van der Waals surface area contributed by atoms with E-state index in [1.54, 1.807) is 22.7 Å². The van der Waals surface area contributed by atoms with Gasteiger partial charge in [0.1, 0.15) is 10.6 Å². The lowest BCUT2D eigenvalue weighted by molar-refractivity contribution is 0.793. The van der Waals surface area contributed by atoms with Crippen LogP contribution in [0.1, 0.15) is 22.7 Å². The standard InChI is InChI=1S/C13H15N5S2/c1-7(11-15-3-4-19-11)6-16-10-9-5-8(2)20-12(9)18-13(14)17-10/h3-5,7H,6H2,1-2H3,(H3,14,16,17,18). The predicted molar refractivity (Wildman–Crippen MR) is 85.6 cm³/mol. The highest BCUT2D eigenvalue weighted by Gasteiger charge is 2.12. The number of nitrogen functional groups attached to an aromatic ring is 1. The maximum Gasteiger partial charge on any atom is 0.223 e. The SMILES string of the molecule is Cc1cc2c(NCC(C)c3nccs3)nc(N)nc2s1. The molecule has 3 rings (SSSR count). The van der Waals surface area contributed by atoms with Crippen LogP contribution in [0.5, 0.6) is 0 Å². The summed E-state index contributed by atoms with van der Waals surface area (Å²) in [4.78, 5) is 15.1. The number of thiophene rings is 1. The van der Waals surface area contributed by atoms with E-state index in [4.69, 9.17) is 5.73 Å². The molecule has 1 atom stereocenters. The van der Waals surface area contributed by atoms with E-state index >= 15 is 0 Å². The molecule has 0 saturated heterocycles. The first-order chi connectivity index (χ1) is 9.63. The van der Waals surface area contributed by atoms with Crippen molar-refractivity contribution in [2.24, 2.45) is 0 Å². The van der Waals surface area contributed by atoms with Gasteiger partial charge in [-0.05, 0) is 13.0 Å². The van der Waals surface area contributed by atoms with Gasteiger partial charge in [0, 0.05) is 28.9 Å². The zero-order chi connectivity index (χ0) is 14.1. The zero-order valence-electron chi connectivity index (χ0n) is 11.3. The molecule has 1 unspecified atom stereocenters. The van der Waals surface area contributed by atoms with E-state index in [0.29, 0.717) is 11.9 Å².